The summed E-state index contributed by atoms with van der Waals surface area (Å²) in [5.74, 6) is 0.201. The van der Waals surface area contributed by atoms with Crippen LogP contribution in [0.3, 0.4) is 0 Å². The molecule has 2 aromatic carbocycles. The fourth-order valence-electron chi connectivity index (χ4n) is 1.73. The van der Waals surface area contributed by atoms with Crippen molar-refractivity contribution in [2.75, 3.05) is 12.4 Å². The summed E-state index contributed by atoms with van der Waals surface area (Å²) in [4.78, 5) is 12.2. The summed E-state index contributed by atoms with van der Waals surface area (Å²) in [6.45, 7) is 0. The first-order chi connectivity index (χ1) is 10.3. The van der Waals surface area contributed by atoms with Crippen molar-refractivity contribution >= 4 is 37.5 Å². The van der Waals surface area contributed by atoms with Crippen LogP contribution in [0, 0.1) is 0 Å². The molecule has 0 bridgehead atoms. The number of anilines is 1. The van der Waals surface area contributed by atoms with Gasteiger partial charge in [0.05, 0.1) is 17.6 Å². The molecular weight excluding hydrogens is 372 g/mol. The van der Waals surface area contributed by atoms with E-state index in [0.29, 0.717) is 21.5 Å². The van der Waals surface area contributed by atoms with Crippen LogP contribution in [-0.2, 0) is 10.0 Å². The standard InChI is InChI=1S/C14H13BrN2O4S/c1-21-10-4-7-13(15)12(8-10)14(18)17-9-2-5-11(6-3-9)22(16,19)20/h2-8H,1H3,(H,17,18)(H2,16,19,20). The highest BCUT2D eigenvalue weighted by Crippen LogP contribution is 2.23. The maximum absolute atomic E-state index is 12.2. The molecule has 0 saturated carbocycles. The summed E-state index contributed by atoms with van der Waals surface area (Å²) < 4.78 is 28.0. The number of carbonyl (C=O) groups is 1. The molecule has 116 valence electrons. The lowest BCUT2D eigenvalue weighted by molar-refractivity contribution is 0.102. The maximum Gasteiger partial charge on any atom is 0.256 e. The first kappa shape index (κ1) is 16.5. The number of amides is 1. The molecule has 0 radical (unpaired) electrons. The van der Waals surface area contributed by atoms with Crippen LogP contribution in [0.5, 0.6) is 5.75 Å². The van der Waals surface area contributed by atoms with Gasteiger partial charge in [0.1, 0.15) is 5.75 Å². The second kappa shape index (κ2) is 6.47. The number of halogens is 1. The Morgan fingerprint density at radius 3 is 2.36 bits per heavy atom. The molecule has 3 N–H and O–H groups in total. The Bertz CT molecular complexity index is 804. The third-order valence-corrected chi connectivity index (χ3v) is 4.48. The number of methoxy groups -OCH3 is 1. The summed E-state index contributed by atoms with van der Waals surface area (Å²) in [5, 5.41) is 7.68. The minimum atomic E-state index is -3.75. The lowest BCUT2D eigenvalue weighted by atomic mass is 10.2. The highest BCUT2D eigenvalue weighted by molar-refractivity contribution is 9.10. The van der Waals surface area contributed by atoms with Crippen LogP contribution in [0.4, 0.5) is 5.69 Å². The number of carbonyl (C=O) groups excluding carboxylic acids is 1. The number of benzene rings is 2. The van der Waals surface area contributed by atoms with Crippen LogP contribution in [0.15, 0.2) is 51.8 Å². The largest absolute Gasteiger partial charge is 0.497 e. The van der Waals surface area contributed by atoms with Gasteiger partial charge >= 0.3 is 0 Å². The van der Waals surface area contributed by atoms with Gasteiger partial charge in [-0.25, -0.2) is 13.6 Å². The second-order valence-electron chi connectivity index (χ2n) is 4.37. The van der Waals surface area contributed by atoms with E-state index < -0.39 is 10.0 Å². The zero-order valence-electron chi connectivity index (χ0n) is 11.5. The van der Waals surface area contributed by atoms with Crippen LogP contribution in [0.2, 0.25) is 0 Å². The molecular formula is C14H13BrN2O4S. The molecule has 0 unspecified atom stereocenters. The van der Waals surface area contributed by atoms with E-state index in [2.05, 4.69) is 21.2 Å². The van der Waals surface area contributed by atoms with E-state index in [4.69, 9.17) is 9.88 Å². The Labute approximate surface area is 136 Å². The molecule has 2 rings (SSSR count). The average Bonchev–Trinajstić information content (AvgIpc) is 2.47. The van der Waals surface area contributed by atoms with Crippen LogP contribution in [-0.4, -0.2) is 21.4 Å². The van der Waals surface area contributed by atoms with Crippen molar-refractivity contribution in [1.29, 1.82) is 0 Å². The summed E-state index contributed by atoms with van der Waals surface area (Å²) in [6, 6.07) is 10.6. The zero-order valence-corrected chi connectivity index (χ0v) is 13.9. The fraction of sp³-hybridized carbons (Fsp3) is 0.0714. The van der Waals surface area contributed by atoms with E-state index in [0.717, 1.165) is 0 Å². The van der Waals surface area contributed by atoms with E-state index in [-0.39, 0.29) is 10.8 Å². The number of primary sulfonamides is 1. The molecule has 0 aliphatic heterocycles. The van der Waals surface area contributed by atoms with Gasteiger partial charge in [0.2, 0.25) is 10.0 Å². The number of hydrogen-bond acceptors (Lipinski definition) is 4. The molecule has 0 aromatic heterocycles. The quantitative estimate of drug-likeness (QED) is 0.844. The smallest absolute Gasteiger partial charge is 0.256 e. The normalized spacial score (nSPS) is 11.0. The van der Waals surface area contributed by atoms with Crippen molar-refractivity contribution in [2.24, 2.45) is 5.14 Å². The number of hydrogen-bond donors (Lipinski definition) is 2. The monoisotopic (exact) mass is 384 g/mol. The number of ether oxygens (including phenoxy) is 1. The van der Waals surface area contributed by atoms with Crippen LogP contribution >= 0.6 is 15.9 Å². The first-order valence-corrected chi connectivity index (χ1v) is 8.43. The molecule has 0 heterocycles. The van der Waals surface area contributed by atoms with E-state index in [9.17, 15) is 13.2 Å². The summed E-state index contributed by atoms with van der Waals surface area (Å²) >= 11 is 3.30. The van der Waals surface area contributed by atoms with Gasteiger partial charge in [0.15, 0.2) is 0 Å². The van der Waals surface area contributed by atoms with Crippen molar-refractivity contribution in [3.8, 4) is 5.75 Å². The molecule has 2 aromatic rings. The van der Waals surface area contributed by atoms with Crippen molar-refractivity contribution in [3.63, 3.8) is 0 Å². The van der Waals surface area contributed by atoms with E-state index in [1.807, 2.05) is 0 Å². The topological polar surface area (TPSA) is 98.5 Å². The minimum absolute atomic E-state index is 0.0203. The van der Waals surface area contributed by atoms with Crippen LogP contribution in [0.25, 0.3) is 0 Å². The summed E-state index contributed by atoms with van der Waals surface area (Å²) in [7, 11) is -2.24. The van der Waals surface area contributed by atoms with Crippen molar-refractivity contribution in [2.45, 2.75) is 4.90 Å². The Kier molecular flexibility index (Phi) is 4.84. The van der Waals surface area contributed by atoms with Gasteiger partial charge < -0.3 is 10.1 Å². The Morgan fingerprint density at radius 1 is 1.18 bits per heavy atom. The maximum atomic E-state index is 12.2. The number of rotatable bonds is 4. The van der Waals surface area contributed by atoms with Crippen molar-refractivity contribution < 1.29 is 17.9 Å². The first-order valence-electron chi connectivity index (χ1n) is 6.09. The van der Waals surface area contributed by atoms with Gasteiger partial charge in [-0.2, -0.15) is 0 Å². The van der Waals surface area contributed by atoms with Crippen molar-refractivity contribution in [1.82, 2.24) is 0 Å². The highest BCUT2D eigenvalue weighted by Gasteiger charge is 2.13. The average molecular weight is 385 g/mol. The molecule has 0 spiro atoms. The second-order valence-corrected chi connectivity index (χ2v) is 6.79. The predicted octanol–water partition coefficient (Wildman–Crippen LogP) is 2.36. The number of sulfonamides is 1. The molecule has 0 fully saturated rings. The molecule has 1 amide bonds. The van der Waals surface area contributed by atoms with Crippen molar-refractivity contribution in [3.05, 3.63) is 52.5 Å². The zero-order chi connectivity index (χ0) is 16.3. The van der Waals surface area contributed by atoms with Crippen LogP contribution in [0.1, 0.15) is 10.4 Å². The van der Waals surface area contributed by atoms with Gasteiger partial charge in [-0.15, -0.1) is 0 Å². The van der Waals surface area contributed by atoms with Gasteiger partial charge in [-0.3, -0.25) is 4.79 Å². The molecule has 6 nitrogen and oxygen atoms in total. The summed E-state index contributed by atoms with van der Waals surface area (Å²) in [5.41, 5.74) is 0.849. The summed E-state index contributed by atoms with van der Waals surface area (Å²) in [6.07, 6.45) is 0. The molecule has 0 atom stereocenters. The molecule has 0 aliphatic carbocycles. The van der Waals surface area contributed by atoms with Crippen LogP contribution < -0.4 is 15.2 Å². The predicted molar refractivity (Wildman–Crippen MR) is 86.5 cm³/mol. The third kappa shape index (κ3) is 3.85. The molecule has 22 heavy (non-hydrogen) atoms. The molecule has 0 saturated heterocycles. The van der Waals surface area contributed by atoms with Gasteiger partial charge in [0.25, 0.3) is 5.91 Å². The Hall–Kier alpha value is -1.90. The SMILES string of the molecule is COc1ccc(Br)c(C(=O)Nc2ccc(S(N)(=O)=O)cc2)c1. The lowest BCUT2D eigenvalue weighted by Gasteiger charge is -2.09. The fourth-order valence-corrected chi connectivity index (χ4v) is 2.67. The molecule has 0 aliphatic rings. The van der Waals surface area contributed by atoms with E-state index in [1.165, 1.54) is 31.4 Å². The number of nitrogens with two attached hydrogens (primary N) is 1. The Balaban J connectivity index is 2.22. The highest BCUT2D eigenvalue weighted by atomic mass is 79.9. The van der Waals surface area contributed by atoms with E-state index >= 15 is 0 Å². The van der Waals surface area contributed by atoms with Gasteiger partial charge in [0, 0.05) is 10.2 Å². The Morgan fingerprint density at radius 2 is 1.82 bits per heavy atom. The van der Waals surface area contributed by atoms with E-state index in [1.54, 1.807) is 18.2 Å². The van der Waals surface area contributed by atoms with Gasteiger partial charge in [-0.1, -0.05) is 0 Å². The molecule has 8 heteroatoms. The lowest BCUT2D eigenvalue weighted by Crippen LogP contribution is -2.14. The minimum Gasteiger partial charge on any atom is -0.497 e. The number of nitrogens with one attached hydrogen (secondary N) is 1. The third-order valence-electron chi connectivity index (χ3n) is 2.86. The van der Waals surface area contributed by atoms with Gasteiger partial charge in [-0.05, 0) is 58.4 Å².